The molecule has 0 aliphatic heterocycles. The summed E-state index contributed by atoms with van der Waals surface area (Å²) in [7, 11) is 0. The monoisotopic (exact) mass is 232 g/mol. The van der Waals surface area contributed by atoms with Gasteiger partial charge in [0.15, 0.2) is 0 Å². The van der Waals surface area contributed by atoms with Gasteiger partial charge in [0.2, 0.25) is 0 Å². The normalized spacial score (nSPS) is 19.1. The van der Waals surface area contributed by atoms with Crippen LogP contribution < -0.4 is 0 Å². The lowest BCUT2D eigenvalue weighted by atomic mass is 9.71. The maximum absolute atomic E-state index is 9.64. The molecule has 0 spiro atoms. The summed E-state index contributed by atoms with van der Waals surface area (Å²) in [5.74, 6) is 0. The van der Waals surface area contributed by atoms with Crippen molar-refractivity contribution in [2.45, 2.75) is 51.4 Å². The molecule has 0 unspecified atom stereocenters. The van der Waals surface area contributed by atoms with Crippen LogP contribution in [0.1, 0.15) is 50.5 Å². The van der Waals surface area contributed by atoms with Crippen LogP contribution in [-0.2, 0) is 6.42 Å². The SMILES string of the molecule is OCC1(CCCc2ccccc2)CCCCC1. The first-order chi connectivity index (χ1) is 8.35. The standard InChI is InChI=1S/C16H24O/c17-14-16(11-5-2-6-12-16)13-7-10-15-8-3-1-4-9-15/h1,3-4,8-9,17H,2,5-7,10-14H2. The smallest absolute Gasteiger partial charge is 0.0487 e. The number of hydrogen-bond donors (Lipinski definition) is 1. The fourth-order valence-corrected chi connectivity index (χ4v) is 3.10. The van der Waals surface area contributed by atoms with Gasteiger partial charge in [-0.3, -0.25) is 0 Å². The van der Waals surface area contributed by atoms with Crippen molar-refractivity contribution in [3.63, 3.8) is 0 Å². The van der Waals surface area contributed by atoms with Crippen molar-refractivity contribution in [2.24, 2.45) is 5.41 Å². The number of rotatable bonds is 5. The third-order valence-electron chi connectivity index (χ3n) is 4.27. The van der Waals surface area contributed by atoms with E-state index in [0.29, 0.717) is 6.61 Å². The van der Waals surface area contributed by atoms with E-state index in [4.69, 9.17) is 0 Å². The molecule has 1 N–H and O–H groups in total. The average Bonchev–Trinajstić information content (AvgIpc) is 2.41. The van der Waals surface area contributed by atoms with Gasteiger partial charge < -0.3 is 5.11 Å². The van der Waals surface area contributed by atoms with E-state index in [2.05, 4.69) is 30.3 Å². The van der Waals surface area contributed by atoms with Crippen LogP contribution >= 0.6 is 0 Å². The van der Waals surface area contributed by atoms with Crippen molar-refractivity contribution in [3.05, 3.63) is 35.9 Å². The van der Waals surface area contributed by atoms with Crippen molar-refractivity contribution in [2.75, 3.05) is 6.61 Å². The summed E-state index contributed by atoms with van der Waals surface area (Å²) in [5.41, 5.74) is 1.68. The molecule has 1 heteroatoms. The molecule has 1 aromatic carbocycles. The van der Waals surface area contributed by atoms with E-state index < -0.39 is 0 Å². The van der Waals surface area contributed by atoms with Crippen LogP contribution in [0.2, 0.25) is 0 Å². The Kier molecular flexibility index (Phi) is 4.61. The first-order valence-corrected chi connectivity index (χ1v) is 6.99. The van der Waals surface area contributed by atoms with E-state index in [1.807, 2.05) is 0 Å². The number of aryl methyl sites for hydroxylation is 1. The Morgan fingerprint density at radius 2 is 1.71 bits per heavy atom. The third kappa shape index (κ3) is 3.57. The zero-order valence-corrected chi connectivity index (χ0v) is 10.7. The summed E-state index contributed by atoms with van der Waals surface area (Å²) in [6, 6.07) is 10.7. The molecule has 1 aromatic rings. The number of aliphatic hydroxyl groups is 1. The topological polar surface area (TPSA) is 20.2 Å². The molecule has 0 radical (unpaired) electrons. The predicted molar refractivity (Wildman–Crippen MR) is 72.0 cm³/mol. The van der Waals surface area contributed by atoms with Gasteiger partial charge in [0.25, 0.3) is 0 Å². The van der Waals surface area contributed by atoms with E-state index in [0.717, 1.165) is 6.42 Å². The Hall–Kier alpha value is -0.820. The van der Waals surface area contributed by atoms with Crippen molar-refractivity contribution >= 4 is 0 Å². The fraction of sp³-hybridized carbons (Fsp3) is 0.625. The average molecular weight is 232 g/mol. The molecule has 17 heavy (non-hydrogen) atoms. The molecular formula is C16H24O. The Morgan fingerprint density at radius 3 is 2.35 bits per heavy atom. The Morgan fingerprint density at radius 1 is 1.00 bits per heavy atom. The Bertz CT molecular complexity index is 312. The molecule has 1 aliphatic rings. The van der Waals surface area contributed by atoms with Crippen molar-refractivity contribution in [1.29, 1.82) is 0 Å². The lowest BCUT2D eigenvalue weighted by molar-refractivity contribution is 0.0715. The molecule has 0 aromatic heterocycles. The van der Waals surface area contributed by atoms with Gasteiger partial charge in [-0.1, -0.05) is 49.6 Å². The quantitative estimate of drug-likeness (QED) is 0.815. The summed E-state index contributed by atoms with van der Waals surface area (Å²) in [5, 5.41) is 9.64. The molecule has 1 fully saturated rings. The largest absolute Gasteiger partial charge is 0.396 e. The van der Waals surface area contributed by atoms with Gasteiger partial charge in [0.05, 0.1) is 0 Å². The minimum atomic E-state index is 0.257. The minimum Gasteiger partial charge on any atom is -0.396 e. The highest BCUT2D eigenvalue weighted by atomic mass is 16.3. The molecule has 0 heterocycles. The van der Waals surface area contributed by atoms with Gasteiger partial charge in [0.1, 0.15) is 0 Å². The van der Waals surface area contributed by atoms with Crippen LogP contribution in [0, 0.1) is 5.41 Å². The fourth-order valence-electron chi connectivity index (χ4n) is 3.10. The first kappa shape index (κ1) is 12.6. The van der Waals surface area contributed by atoms with Crippen LogP contribution in [0.3, 0.4) is 0 Å². The maximum atomic E-state index is 9.64. The number of hydrogen-bond acceptors (Lipinski definition) is 1. The van der Waals surface area contributed by atoms with Crippen molar-refractivity contribution < 1.29 is 5.11 Å². The second-order valence-corrected chi connectivity index (χ2v) is 5.56. The maximum Gasteiger partial charge on any atom is 0.0487 e. The van der Waals surface area contributed by atoms with Crippen LogP contribution in [0.4, 0.5) is 0 Å². The summed E-state index contributed by atoms with van der Waals surface area (Å²) >= 11 is 0. The Balaban J connectivity index is 1.80. The van der Waals surface area contributed by atoms with E-state index >= 15 is 0 Å². The van der Waals surface area contributed by atoms with Gasteiger partial charge in [-0.2, -0.15) is 0 Å². The molecule has 0 bridgehead atoms. The summed E-state index contributed by atoms with van der Waals surface area (Å²) in [6.45, 7) is 0.391. The second-order valence-electron chi connectivity index (χ2n) is 5.56. The molecule has 1 saturated carbocycles. The van der Waals surface area contributed by atoms with Gasteiger partial charge in [-0.15, -0.1) is 0 Å². The summed E-state index contributed by atoms with van der Waals surface area (Å²) < 4.78 is 0. The lowest BCUT2D eigenvalue weighted by Crippen LogP contribution is -2.28. The van der Waals surface area contributed by atoms with Crippen molar-refractivity contribution in [1.82, 2.24) is 0 Å². The lowest BCUT2D eigenvalue weighted by Gasteiger charge is -2.35. The Labute approximate surface area is 105 Å². The molecule has 2 rings (SSSR count). The highest BCUT2D eigenvalue weighted by Gasteiger charge is 2.30. The van der Waals surface area contributed by atoms with Crippen LogP contribution in [0.15, 0.2) is 30.3 Å². The summed E-state index contributed by atoms with van der Waals surface area (Å²) in [6.07, 6.45) is 10.0. The van der Waals surface area contributed by atoms with Gasteiger partial charge in [0, 0.05) is 6.61 Å². The molecule has 0 amide bonds. The van der Waals surface area contributed by atoms with Crippen LogP contribution in [0.5, 0.6) is 0 Å². The minimum absolute atomic E-state index is 0.257. The van der Waals surface area contributed by atoms with Crippen LogP contribution in [0.25, 0.3) is 0 Å². The third-order valence-corrected chi connectivity index (χ3v) is 4.27. The van der Waals surface area contributed by atoms with Gasteiger partial charge in [-0.05, 0) is 43.1 Å². The molecular weight excluding hydrogens is 208 g/mol. The number of aliphatic hydroxyl groups excluding tert-OH is 1. The molecule has 0 atom stereocenters. The predicted octanol–water partition coefficient (Wildman–Crippen LogP) is 3.95. The second kappa shape index (κ2) is 6.20. The van der Waals surface area contributed by atoms with Gasteiger partial charge in [-0.25, -0.2) is 0 Å². The summed E-state index contributed by atoms with van der Waals surface area (Å²) in [4.78, 5) is 0. The molecule has 0 saturated heterocycles. The number of benzene rings is 1. The first-order valence-electron chi connectivity index (χ1n) is 6.99. The highest BCUT2D eigenvalue weighted by molar-refractivity contribution is 5.14. The molecule has 1 aliphatic carbocycles. The molecule has 1 nitrogen and oxygen atoms in total. The van der Waals surface area contributed by atoms with E-state index in [9.17, 15) is 5.11 Å². The zero-order valence-electron chi connectivity index (χ0n) is 10.7. The van der Waals surface area contributed by atoms with E-state index in [-0.39, 0.29) is 5.41 Å². The zero-order chi connectivity index (χ0) is 12.0. The van der Waals surface area contributed by atoms with Gasteiger partial charge >= 0.3 is 0 Å². The highest BCUT2D eigenvalue weighted by Crippen LogP contribution is 2.39. The molecule has 94 valence electrons. The van der Waals surface area contributed by atoms with Crippen LogP contribution in [-0.4, -0.2) is 11.7 Å². The van der Waals surface area contributed by atoms with E-state index in [1.165, 1.54) is 50.5 Å². The van der Waals surface area contributed by atoms with E-state index in [1.54, 1.807) is 0 Å². The van der Waals surface area contributed by atoms with Crippen molar-refractivity contribution in [3.8, 4) is 0 Å².